The smallest absolute Gasteiger partial charge is 0.000179 e. The average molecular weight is 222 g/mol. The highest BCUT2D eigenvalue weighted by atomic mass is 32.2. The molecule has 0 N–H and O–H groups in total. The Hall–Kier alpha value is 0.0900. The van der Waals surface area contributed by atoms with Gasteiger partial charge in [-0.2, -0.15) is 11.8 Å². The van der Waals surface area contributed by atoms with Crippen molar-refractivity contribution in [1.82, 2.24) is 0 Å². The number of hydrogen-bond acceptors (Lipinski definition) is 1. The van der Waals surface area contributed by atoms with Crippen molar-refractivity contribution >= 4 is 11.8 Å². The van der Waals surface area contributed by atoms with Gasteiger partial charge in [0.25, 0.3) is 0 Å². The predicted molar refractivity (Wildman–Crippen MR) is 68.3 cm³/mol. The molecule has 0 aromatic heterocycles. The molecule has 1 saturated carbocycles. The Balaban J connectivity index is 2.04. The zero-order valence-electron chi connectivity index (χ0n) is 10.1. The number of hydrogen-bond donors (Lipinski definition) is 0. The average Bonchev–Trinajstić information content (AvgIpc) is 2.56. The quantitative estimate of drug-likeness (QED) is 0.547. The maximum Gasteiger partial charge on any atom is -0.000179 e. The van der Waals surface area contributed by atoms with E-state index in [0.29, 0.717) is 0 Å². The molecule has 0 radical (unpaired) electrons. The third-order valence-corrected chi connectivity index (χ3v) is 6.89. The Labute approximate surface area is 97.9 Å². The van der Waals surface area contributed by atoms with Gasteiger partial charge in [0.2, 0.25) is 0 Å². The molecule has 1 heteroatoms. The van der Waals surface area contributed by atoms with Crippen molar-refractivity contribution in [2.45, 2.75) is 52.4 Å². The fourth-order valence-corrected chi connectivity index (χ4v) is 6.31. The first-order valence-corrected chi connectivity index (χ1v) is 7.56. The zero-order chi connectivity index (χ0) is 10.5. The van der Waals surface area contributed by atoms with Crippen molar-refractivity contribution in [3.8, 4) is 0 Å². The summed E-state index contributed by atoms with van der Waals surface area (Å²) in [6.07, 6.45) is 8.87. The van der Waals surface area contributed by atoms with E-state index < -0.39 is 0 Å². The summed E-state index contributed by atoms with van der Waals surface area (Å²) in [5, 5.41) is 0. The fourth-order valence-electron chi connectivity index (χ4n) is 4.32. The summed E-state index contributed by atoms with van der Waals surface area (Å²) >= 11 is 2.24. The minimum absolute atomic E-state index is 0.722. The molecule has 2 fully saturated rings. The predicted octanol–water partition coefficient (Wildman–Crippen LogP) is 4.41. The summed E-state index contributed by atoms with van der Waals surface area (Å²) in [4.78, 5) is 0. The summed E-state index contributed by atoms with van der Waals surface area (Å²) < 4.78 is 0. The highest BCUT2D eigenvalue weighted by molar-refractivity contribution is 7.99. The van der Waals surface area contributed by atoms with Gasteiger partial charge in [-0.25, -0.2) is 0 Å². The van der Waals surface area contributed by atoms with Gasteiger partial charge in [-0.1, -0.05) is 24.0 Å². The van der Waals surface area contributed by atoms with Crippen LogP contribution in [0.1, 0.15) is 52.4 Å². The highest BCUT2D eigenvalue weighted by Gasteiger charge is 2.57. The van der Waals surface area contributed by atoms with Gasteiger partial charge in [-0.05, 0) is 61.9 Å². The van der Waals surface area contributed by atoms with E-state index in [1.807, 2.05) is 0 Å². The molecule has 0 nitrogen and oxygen atoms in total. The van der Waals surface area contributed by atoms with E-state index in [-0.39, 0.29) is 0 Å². The van der Waals surface area contributed by atoms with Crippen molar-refractivity contribution in [2.24, 2.45) is 10.8 Å². The van der Waals surface area contributed by atoms with E-state index >= 15 is 0 Å². The Morgan fingerprint density at radius 1 is 0.867 bits per heavy atom. The van der Waals surface area contributed by atoms with E-state index in [4.69, 9.17) is 0 Å². The lowest BCUT2D eigenvalue weighted by Crippen LogP contribution is -2.46. The van der Waals surface area contributed by atoms with E-state index in [9.17, 15) is 0 Å². The monoisotopic (exact) mass is 222 g/mol. The maximum absolute atomic E-state index is 2.38. The number of thioether (sulfide) groups is 1. The van der Waals surface area contributed by atoms with Crippen LogP contribution in [-0.2, 0) is 0 Å². The lowest BCUT2D eigenvalue weighted by Gasteiger charge is -2.53. The maximum atomic E-state index is 2.38. The second-order valence-corrected chi connectivity index (χ2v) is 7.16. The van der Waals surface area contributed by atoms with Gasteiger partial charge in [-0.15, -0.1) is 0 Å². The first-order chi connectivity index (χ1) is 7.18. The van der Waals surface area contributed by atoms with Crippen LogP contribution < -0.4 is 0 Å². The van der Waals surface area contributed by atoms with Crippen LogP contribution in [0.15, 0.2) is 11.1 Å². The van der Waals surface area contributed by atoms with E-state index in [0.717, 1.165) is 10.8 Å². The van der Waals surface area contributed by atoms with Crippen LogP contribution in [-0.4, -0.2) is 11.5 Å². The van der Waals surface area contributed by atoms with Gasteiger partial charge < -0.3 is 0 Å². The topological polar surface area (TPSA) is 0 Å². The largest absolute Gasteiger partial charge is 0.161 e. The molecular formula is C14H22S. The lowest BCUT2D eigenvalue weighted by molar-refractivity contribution is 0.0266. The summed E-state index contributed by atoms with van der Waals surface area (Å²) in [7, 11) is 0. The molecule has 15 heavy (non-hydrogen) atoms. The van der Waals surface area contributed by atoms with Gasteiger partial charge in [-0.3, -0.25) is 0 Å². The molecule has 0 aromatic rings. The standard InChI is InChI=1S/C14H22S/c1-11-7-13-5-3-4-6-14(13,8-12(11)2)10-15-9-13/h3-10H2,1-2H3/t13-,14-/m0/s1. The van der Waals surface area contributed by atoms with Crippen LogP contribution in [0.3, 0.4) is 0 Å². The Kier molecular flexibility index (Phi) is 2.25. The molecule has 1 aliphatic heterocycles. The van der Waals surface area contributed by atoms with E-state index in [2.05, 4.69) is 25.6 Å². The van der Waals surface area contributed by atoms with E-state index in [1.165, 1.54) is 50.0 Å². The van der Waals surface area contributed by atoms with Crippen LogP contribution in [0.4, 0.5) is 0 Å². The Morgan fingerprint density at radius 2 is 1.33 bits per heavy atom. The molecule has 2 atom stereocenters. The van der Waals surface area contributed by atoms with Crippen LogP contribution in [0.5, 0.6) is 0 Å². The second-order valence-electron chi connectivity index (χ2n) is 6.17. The van der Waals surface area contributed by atoms with Crippen LogP contribution >= 0.6 is 11.8 Å². The first kappa shape index (κ1) is 10.3. The molecule has 1 heterocycles. The minimum atomic E-state index is 0.722. The zero-order valence-corrected chi connectivity index (χ0v) is 10.9. The SMILES string of the molecule is CC1=C(C)C[C@]23CCCC[C@@]2(CSC3)C1. The van der Waals surface area contributed by atoms with Gasteiger partial charge in [0.1, 0.15) is 0 Å². The fraction of sp³-hybridized carbons (Fsp3) is 0.857. The van der Waals surface area contributed by atoms with Gasteiger partial charge in [0.15, 0.2) is 0 Å². The molecule has 84 valence electrons. The van der Waals surface area contributed by atoms with Crippen molar-refractivity contribution in [3.05, 3.63) is 11.1 Å². The molecule has 1 saturated heterocycles. The van der Waals surface area contributed by atoms with Crippen molar-refractivity contribution in [1.29, 1.82) is 0 Å². The molecule has 3 aliphatic rings. The van der Waals surface area contributed by atoms with Crippen LogP contribution in [0, 0.1) is 10.8 Å². The minimum Gasteiger partial charge on any atom is -0.161 e. The molecule has 2 aliphatic carbocycles. The van der Waals surface area contributed by atoms with Gasteiger partial charge in [0.05, 0.1) is 0 Å². The normalized spacial score (nSPS) is 45.2. The van der Waals surface area contributed by atoms with E-state index in [1.54, 1.807) is 11.1 Å². The number of allylic oxidation sites excluding steroid dienone is 2. The number of rotatable bonds is 0. The second kappa shape index (κ2) is 3.29. The third-order valence-electron chi connectivity index (χ3n) is 5.38. The summed E-state index contributed by atoms with van der Waals surface area (Å²) in [5.41, 5.74) is 4.88. The molecule has 0 unspecified atom stereocenters. The Morgan fingerprint density at radius 3 is 1.80 bits per heavy atom. The van der Waals surface area contributed by atoms with Crippen molar-refractivity contribution in [2.75, 3.05) is 11.5 Å². The summed E-state index contributed by atoms with van der Waals surface area (Å²) in [6, 6.07) is 0. The van der Waals surface area contributed by atoms with Crippen LogP contribution in [0.25, 0.3) is 0 Å². The summed E-state index contributed by atoms with van der Waals surface area (Å²) in [6.45, 7) is 4.76. The highest BCUT2D eigenvalue weighted by Crippen LogP contribution is 2.66. The van der Waals surface area contributed by atoms with Gasteiger partial charge >= 0.3 is 0 Å². The van der Waals surface area contributed by atoms with Crippen LogP contribution in [0.2, 0.25) is 0 Å². The van der Waals surface area contributed by atoms with Crippen molar-refractivity contribution < 1.29 is 0 Å². The molecule has 0 bridgehead atoms. The molecule has 0 spiro atoms. The molecule has 0 aromatic carbocycles. The van der Waals surface area contributed by atoms with Crippen molar-refractivity contribution in [3.63, 3.8) is 0 Å². The first-order valence-electron chi connectivity index (χ1n) is 6.41. The molecular weight excluding hydrogens is 200 g/mol. The molecule has 3 rings (SSSR count). The Bertz CT molecular complexity index is 287. The third kappa shape index (κ3) is 1.28. The molecule has 0 amide bonds. The lowest BCUT2D eigenvalue weighted by atomic mass is 9.51. The summed E-state index contributed by atoms with van der Waals surface area (Å²) in [5.74, 6) is 2.91. The van der Waals surface area contributed by atoms with Gasteiger partial charge in [0, 0.05) is 0 Å².